The van der Waals surface area contributed by atoms with Crippen molar-refractivity contribution in [3.05, 3.63) is 12.2 Å². The Labute approximate surface area is 95.3 Å². The van der Waals surface area contributed by atoms with E-state index in [0.717, 1.165) is 30.8 Å². The first-order chi connectivity index (χ1) is 7.11. The molecule has 1 N–H and O–H groups in total. The quantitative estimate of drug-likeness (QED) is 0.680. The van der Waals surface area contributed by atoms with Gasteiger partial charge in [0, 0.05) is 6.04 Å². The minimum Gasteiger partial charge on any atom is -0.313 e. The maximum absolute atomic E-state index is 3.95. The molecule has 0 heterocycles. The Bertz CT molecular complexity index is 196. The summed E-state index contributed by atoms with van der Waals surface area (Å²) in [4.78, 5) is 0. The SMILES string of the molecule is C=C(C)CCNC1CCCCC1C(C)C. The molecule has 2 atom stereocenters. The van der Waals surface area contributed by atoms with Crippen molar-refractivity contribution in [2.24, 2.45) is 11.8 Å². The van der Waals surface area contributed by atoms with E-state index in [-0.39, 0.29) is 0 Å². The van der Waals surface area contributed by atoms with Crippen LogP contribution in [0.1, 0.15) is 52.9 Å². The van der Waals surface area contributed by atoms with Crippen LogP contribution in [-0.2, 0) is 0 Å². The third-order valence-electron chi connectivity index (χ3n) is 3.63. The summed E-state index contributed by atoms with van der Waals surface area (Å²) in [5.74, 6) is 1.72. The predicted molar refractivity (Wildman–Crippen MR) is 68.0 cm³/mol. The van der Waals surface area contributed by atoms with Crippen molar-refractivity contribution in [3.8, 4) is 0 Å². The molecular weight excluding hydrogens is 182 g/mol. The van der Waals surface area contributed by atoms with Gasteiger partial charge in [0.2, 0.25) is 0 Å². The highest BCUT2D eigenvalue weighted by Crippen LogP contribution is 2.30. The van der Waals surface area contributed by atoms with Crippen LogP contribution in [0, 0.1) is 11.8 Å². The maximum atomic E-state index is 3.95. The van der Waals surface area contributed by atoms with Crippen molar-refractivity contribution in [1.29, 1.82) is 0 Å². The first-order valence-corrected chi connectivity index (χ1v) is 6.49. The second kappa shape index (κ2) is 6.32. The van der Waals surface area contributed by atoms with Gasteiger partial charge < -0.3 is 5.32 Å². The summed E-state index contributed by atoms with van der Waals surface area (Å²) in [5, 5.41) is 3.72. The summed E-state index contributed by atoms with van der Waals surface area (Å²) in [6.45, 7) is 11.9. The molecule has 1 aliphatic carbocycles. The topological polar surface area (TPSA) is 12.0 Å². The smallest absolute Gasteiger partial charge is 0.00978 e. The fraction of sp³-hybridized carbons (Fsp3) is 0.857. The zero-order valence-corrected chi connectivity index (χ0v) is 10.7. The van der Waals surface area contributed by atoms with Gasteiger partial charge in [0.15, 0.2) is 0 Å². The van der Waals surface area contributed by atoms with Crippen molar-refractivity contribution in [2.75, 3.05) is 6.54 Å². The van der Waals surface area contributed by atoms with Crippen LogP contribution in [0.4, 0.5) is 0 Å². The van der Waals surface area contributed by atoms with Gasteiger partial charge in [-0.05, 0) is 44.6 Å². The Morgan fingerprint density at radius 1 is 1.33 bits per heavy atom. The molecule has 1 aliphatic rings. The number of hydrogen-bond donors (Lipinski definition) is 1. The van der Waals surface area contributed by atoms with Crippen LogP contribution in [0.5, 0.6) is 0 Å². The van der Waals surface area contributed by atoms with E-state index in [9.17, 15) is 0 Å². The molecule has 0 aromatic heterocycles. The van der Waals surface area contributed by atoms with Gasteiger partial charge in [0.1, 0.15) is 0 Å². The van der Waals surface area contributed by atoms with Gasteiger partial charge >= 0.3 is 0 Å². The van der Waals surface area contributed by atoms with E-state index in [1.165, 1.54) is 31.3 Å². The molecule has 88 valence electrons. The largest absolute Gasteiger partial charge is 0.313 e. The maximum Gasteiger partial charge on any atom is 0.00978 e. The van der Waals surface area contributed by atoms with E-state index < -0.39 is 0 Å². The average molecular weight is 209 g/mol. The van der Waals surface area contributed by atoms with Gasteiger partial charge in [-0.25, -0.2) is 0 Å². The summed E-state index contributed by atoms with van der Waals surface area (Å²) >= 11 is 0. The molecular formula is C14H27N. The summed E-state index contributed by atoms with van der Waals surface area (Å²) < 4.78 is 0. The predicted octanol–water partition coefficient (Wildman–Crippen LogP) is 3.76. The van der Waals surface area contributed by atoms with Gasteiger partial charge in [-0.15, -0.1) is 6.58 Å². The van der Waals surface area contributed by atoms with Crippen LogP contribution in [-0.4, -0.2) is 12.6 Å². The Morgan fingerprint density at radius 2 is 2.00 bits per heavy atom. The van der Waals surface area contributed by atoms with Crippen LogP contribution >= 0.6 is 0 Å². The van der Waals surface area contributed by atoms with Crippen molar-refractivity contribution < 1.29 is 0 Å². The lowest BCUT2D eigenvalue weighted by Gasteiger charge is -2.35. The molecule has 0 spiro atoms. The molecule has 0 aliphatic heterocycles. The lowest BCUT2D eigenvalue weighted by molar-refractivity contribution is 0.207. The van der Waals surface area contributed by atoms with Gasteiger partial charge in [-0.3, -0.25) is 0 Å². The van der Waals surface area contributed by atoms with Gasteiger partial charge in [0.25, 0.3) is 0 Å². The third-order valence-corrected chi connectivity index (χ3v) is 3.63. The zero-order valence-electron chi connectivity index (χ0n) is 10.7. The number of rotatable bonds is 5. The minimum absolute atomic E-state index is 0.762. The number of nitrogens with one attached hydrogen (secondary N) is 1. The van der Waals surface area contributed by atoms with Gasteiger partial charge in [-0.1, -0.05) is 32.3 Å². The van der Waals surface area contributed by atoms with Crippen LogP contribution in [0.3, 0.4) is 0 Å². The highest BCUT2D eigenvalue weighted by molar-refractivity contribution is 4.90. The lowest BCUT2D eigenvalue weighted by atomic mass is 9.78. The Morgan fingerprint density at radius 3 is 2.60 bits per heavy atom. The average Bonchev–Trinajstić information content (AvgIpc) is 2.17. The highest BCUT2D eigenvalue weighted by atomic mass is 14.9. The molecule has 0 aromatic carbocycles. The fourth-order valence-electron chi connectivity index (χ4n) is 2.68. The molecule has 0 bridgehead atoms. The Balaban J connectivity index is 2.32. The molecule has 1 saturated carbocycles. The molecule has 2 unspecified atom stereocenters. The summed E-state index contributed by atoms with van der Waals surface area (Å²) in [7, 11) is 0. The monoisotopic (exact) mass is 209 g/mol. The molecule has 1 heteroatoms. The highest BCUT2D eigenvalue weighted by Gasteiger charge is 2.26. The summed E-state index contributed by atoms with van der Waals surface area (Å²) in [6.07, 6.45) is 6.76. The molecule has 1 nitrogen and oxygen atoms in total. The zero-order chi connectivity index (χ0) is 11.3. The third kappa shape index (κ3) is 4.38. The van der Waals surface area contributed by atoms with E-state index in [4.69, 9.17) is 0 Å². The van der Waals surface area contributed by atoms with Gasteiger partial charge in [-0.2, -0.15) is 0 Å². The second-order valence-corrected chi connectivity index (χ2v) is 5.46. The van der Waals surface area contributed by atoms with Crippen LogP contribution in [0.25, 0.3) is 0 Å². The molecule has 0 radical (unpaired) electrons. The Kier molecular flexibility index (Phi) is 5.38. The lowest BCUT2D eigenvalue weighted by Crippen LogP contribution is -2.41. The van der Waals surface area contributed by atoms with Gasteiger partial charge in [0.05, 0.1) is 0 Å². The summed E-state index contributed by atoms with van der Waals surface area (Å²) in [5.41, 5.74) is 1.29. The van der Waals surface area contributed by atoms with Crippen LogP contribution in [0.15, 0.2) is 12.2 Å². The summed E-state index contributed by atoms with van der Waals surface area (Å²) in [6, 6.07) is 0.762. The van der Waals surface area contributed by atoms with Crippen molar-refractivity contribution >= 4 is 0 Å². The molecule has 0 amide bonds. The standard InChI is InChI=1S/C14H27N/c1-11(2)9-10-15-14-8-6-5-7-13(14)12(3)4/h12-15H,1,5-10H2,2-4H3. The first kappa shape index (κ1) is 12.8. The van der Waals surface area contributed by atoms with Crippen molar-refractivity contribution in [3.63, 3.8) is 0 Å². The van der Waals surface area contributed by atoms with E-state index in [1.807, 2.05) is 0 Å². The molecule has 15 heavy (non-hydrogen) atoms. The van der Waals surface area contributed by atoms with Crippen LogP contribution < -0.4 is 5.32 Å². The van der Waals surface area contributed by atoms with Crippen molar-refractivity contribution in [2.45, 2.75) is 58.9 Å². The molecule has 1 fully saturated rings. The second-order valence-electron chi connectivity index (χ2n) is 5.46. The molecule has 0 saturated heterocycles. The van der Waals surface area contributed by atoms with E-state index in [0.29, 0.717) is 0 Å². The van der Waals surface area contributed by atoms with Crippen molar-refractivity contribution in [1.82, 2.24) is 5.32 Å². The minimum atomic E-state index is 0.762. The van der Waals surface area contributed by atoms with E-state index in [2.05, 4.69) is 32.7 Å². The van der Waals surface area contributed by atoms with Crippen LogP contribution in [0.2, 0.25) is 0 Å². The van der Waals surface area contributed by atoms with E-state index >= 15 is 0 Å². The normalized spacial score (nSPS) is 26.9. The fourth-order valence-corrected chi connectivity index (χ4v) is 2.68. The first-order valence-electron chi connectivity index (χ1n) is 6.49. The Hall–Kier alpha value is -0.300. The molecule has 0 aromatic rings. The molecule has 1 rings (SSSR count). The van der Waals surface area contributed by atoms with E-state index in [1.54, 1.807) is 0 Å². The number of hydrogen-bond acceptors (Lipinski definition) is 1.